The Balaban J connectivity index is 0.000000559. The average molecular weight is 588 g/mol. The number of aliphatic carboxylic acids is 1. The lowest BCUT2D eigenvalue weighted by Crippen LogP contribution is -2.36. The topological polar surface area (TPSA) is 116 Å². The number of aryl methyl sites for hydroxylation is 1. The molecule has 1 heterocycles. The van der Waals surface area contributed by atoms with Crippen LogP contribution < -0.4 is 10.1 Å². The number of halogens is 6. The number of carbonyl (C=O) groups is 2. The van der Waals surface area contributed by atoms with Crippen molar-refractivity contribution in [3.8, 4) is 16.9 Å². The van der Waals surface area contributed by atoms with Crippen molar-refractivity contribution in [3.05, 3.63) is 87.9 Å². The second-order valence-corrected chi connectivity index (χ2v) is 9.12. The highest BCUT2D eigenvalue weighted by atomic mass is 35.5. The molecule has 0 amide bonds. The maximum absolute atomic E-state index is 14.1. The van der Waals surface area contributed by atoms with Gasteiger partial charge in [0.25, 0.3) is 0 Å². The molecule has 3 aromatic rings. The predicted octanol–water partition coefficient (Wildman–Crippen LogP) is 5.63. The zero-order chi connectivity index (χ0) is 29.6. The molecule has 0 saturated heterocycles. The molecular formula is C27H23ClF5NO6. The van der Waals surface area contributed by atoms with Gasteiger partial charge in [0.15, 0.2) is 5.82 Å². The molecule has 4 rings (SSSR count). The fraction of sp³-hybridized carbons (Fsp3) is 0.259. The van der Waals surface area contributed by atoms with Crippen molar-refractivity contribution in [2.24, 2.45) is 0 Å². The van der Waals surface area contributed by atoms with Gasteiger partial charge in [0.2, 0.25) is 0 Å². The monoisotopic (exact) mass is 587 g/mol. The number of carboxylic acids is 2. The van der Waals surface area contributed by atoms with Gasteiger partial charge in [0.05, 0.1) is 22.3 Å². The van der Waals surface area contributed by atoms with E-state index in [1.807, 2.05) is 18.2 Å². The van der Waals surface area contributed by atoms with E-state index in [0.29, 0.717) is 6.54 Å². The Morgan fingerprint density at radius 1 is 1.02 bits per heavy atom. The molecule has 1 aliphatic heterocycles. The first kappa shape index (κ1) is 30.8. The third-order valence-electron chi connectivity index (χ3n) is 5.92. The van der Waals surface area contributed by atoms with Crippen LogP contribution in [0.1, 0.15) is 34.0 Å². The number of carboxylic acid groups (broad SMARTS) is 2. The Bertz CT molecular complexity index is 1370. The van der Waals surface area contributed by atoms with E-state index in [4.69, 9.17) is 31.3 Å². The Morgan fingerprint density at radius 3 is 2.25 bits per heavy atom. The van der Waals surface area contributed by atoms with Crippen LogP contribution in [-0.2, 0) is 11.2 Å². The van der Waals surface area contributed by atoms with Crippen LogP contribution >= 0.6 is 11.6 Å². The molecule has 13 heteroatoms. The number of hydrogen-bond donors (Lipinski definition) is 4. The van der Waals surface area contributed by atoms with E-state index >= 15 is 0 Å². The number of alkyl halides is 3. The standard InChI is InChI=1S/C25H22ClF2NO4.C2HF3O2/c26-19-8-9-20(27)23(24(19)28)21(30)13-29-12-18-7-5-17-11-16(6-10-22(17)33-18)14-1-3-15(4-2-14)25(31)32;3-2(4,5)1(6)7/h1-4,6,8-11,18,21,29-30H,5,7,12-13H2,(H,31,32);(H,6,7)/t18-,21-;/m1./s1. The Labute approximate surface area is 229 Å². The number of ether oxygens (including phenoxy) is 1. The van der Waals surface area contributed by atoms with Crippen molar-refractivity contribution in [2.75, 3.05) is 13.1 Å². The lowest BCUT2D eigenvalue weighted by Gasteiger charge is -2.27. The minimum absolute atomic E-state index is 0.0494. The second-order valence-electron chi connectivity index (χ2n) is 8.72. The van der Waals surface area contributed by atoms with Gasteiger partial charge in [-0.2, -0.15) is 13.2 Å². The molecule has 0 unspecified atom stereocenters. The first-order valence-corrected chi connectivity index (χ1v) is 12.1. The number of nitrogens with one attached hydrogen (secondary N) is 1. The van der Waals surface area contributed by atoms with Gasteiger partial charge in [-0.25, -0.2) is 18.4 Å². The van der Waals surface area contributed by atoms with Crippen molar-refractivity contribution >= 4 is 23.5 Å². The number of rotatable bonds is 7. The third-order valence-corrected chi connectivity index (χ3v) is 6.21. The fourth-order valence-corrected chi connectivity index (χ4v) is 4.07. The van der Waals surface area contributed by atoms with Gasteiger partial charge < -0.3 is 25.4 Å². The molecule has 0 radical (unpaired) electrons. The first-order valence-electron chi connectivity index (χ1n) is 11.7. The summed E-state index contributed by atoms with van der Waals surface area (Å²) in [5.41, 5.74) is 2.73. The molecule has 0 aromatic heterocycles. The maximum atomic E-state index is 14.1. The summed E-state index contributed by atoms with van der Waals surface area (Å²) in [6.45, 7) is 0.352. The van der Waals surface area contributed by atoms with Crippen molar-refractivity contribution < 1.29 is 51.6 Å². The van der Waals surface area contributed by atoms with Gasteiger partial charge in [-0.3, -0.25) is 0 Å². The molecule has 0 bridgehead atoms. The second kappa shape index (κ2) is 13.1. The third kappa shape index (κ3) is 7.90. The highest BCUT2D eigenvalue weighted by Crippen LogP contribution is 2.32. The van der Waals surface area contributed by atoms with Crippen molar-refractivity contribution in [2.45, 2.75) is 31.2 Å². The fourth-order valence-electron chi connectivity index (χ4n) is 3.90. The van der Waals surface area contributed by atoms with Crippen molar-refractivity contribution in [1.29, 1.82) is 0 Å². The van der Waals surface area contributed by atoms with Gasteiger partial charge in [0, 0.05) is 13.1 Å². The summed E-state index contributed by atoms with van der Waals surface area (Å²) in [5.74, 6) is -4.76. The smallest absolute Gasteiger partial charge is 0.489 e. The van der Waals surface area contributed by atoms with Crippen LogP contribution in [0.15, 0.2) is 54.6 Å². The minimum atomic E-state index is -5.08. The predicted molar refractivity (Wildman–Crippen MR) is 134 cm³/mol. The summed E-state index contributed by atoms with van der Waals surface area (Å²) in [6.07, 6.45) is -5.10. The highest BCUT2D eigenvalue weighted by molar-refractivity contribution is 6.30. The van der Waals surface area contributed by atoms with Gasteiger partial charge >= 0.3 is 18.1 Å². The van der Waals surface area contributed by atoms with E-state index in [-0.39, 0.29) is 23.2 Å². The molecule has 2 atom stereocenters. The molecule has 0 fully saturated rings. The Hall–Kier alpha value is -3.74. The van der Waals surface area contributed by atoms with E-state index in [2.05, 4.69) is 5.32 Å². The number of aliphatic hydroxyl groups is 1. The number of benzene rings is 3. The van der Waals surface area contributed by atoms with Crippen LogP contribution in [0.2, 0.25) is 5.02 Å². The van der Waals surface area contributed by atoms with Crippen LogP contribution in [0.25, 0.3) is 11.1 Å². The van der Waals surface area contributed by atoms with Crippen LogP contribution in [-0.4, -0.2) is 52.6 Å². The van der Waals surface area contributed by atoms with Crippen LogP contribution in [0, 0.1) is 11.6 Å². The zero-order valence-corrected chi connectivity index (χ0v) is 21.3. The maximum Gasteiger partial charge on any atom is 0.490 e. The van der Waals surface area contributed by atoms with E-state index in [0.717, 1.165) is 47.4 Å². The van der Waals surface area contributed by atoms with E-state index in [1.165, 1.54) is 0 Å². The van der Waals surface area contributed by atoms with E-state index in [9.17, 15) is 31.9 Å². The van der Waals surface area contributed by atoms with Gasteiger partial charge in [0.1, 0.15) is 17.7 Å². The minimum Gasteiger partial charge on any atom is -0.489 e. The average Bonchev–Trinajstić information content (AvgIpc) is 2.90. The molecule has 40 heavy (non-hydrogen) atoms. The van der Waals surface area contributed by atoms with E-state index in [1.54, 1.807) is 24.3 Å². The summed E-state index contributed by atoms with van der Waals surface area (Å²) in [5, 5.41) is 29.1. The molecule has 7 nitrogen and oxygen atoms in total. The molecule has 0 aliphatic carbocycles. The highest BCUT2D eigenvalue weighted by Gasteiger charge is 2.38. The van der Waals surface area contributed by atoms with Crippen LogP contribution in [0.4, 0.5) is 22.0 Å². The summed E-state index contributed by atoms with van der Waals surface area (Å²) in [7, 11) is 0. The molecule has 0 saturated carbocycles. The van der Waals surface area contributed by atoms with Crippen molar-refractivity contribution in [3.63, 3.8) is 0 Å². The Morgan fingerprint density at radius 2 is 1.65 bits per heavy atom. The molecule has 3 aromatic carbocycles. The van der Waals surface area contributed by atoms with Crippen molar-refractivity contribution in [1.82, 2.24) is 5.32 Å². The normalized spacial score (nSPS) is 15.2. The number of hydrogen-bond acceptors (Lipinski definition) is 5. The van der Waals surface area contributed by atoms with Gasteiger partial charge in [-0.15, -0.1) is 0 Å². The van der Waals surface area contributed by atoms with Gasteiger partial charge in [-0.05, 0) is 65.9 Å². The molecule has 4 N–H and O–H groups in total. The molecular weight excluding hydrogens is 565 g/mol. The SMILES string of the molecule is O=C(O)C(F)(F)F.O=C(O)c1ccc(-c2ccc3c(c2)CC[C@H](CNC[C@@H](O)c2c(F)ccc(Cl)c2F)O3)cc1. The summed E-state index contributed by atoms with van der Waals surface area (Å²) < 4.78 is 65.7. The summed E-state index contributed by atoms with van der Waals surface area (Å²) in [4.78, 5) is 19.9. The van der Waals surface area contributed by atoms with Crippen LogP contribution in [0.3, 0.4) is 0 Å². The number of fused-ring (bicyclic) bond motifs is 1. The zero-order valence-electron chi connectivity index (χ0n) is 20.5. The Kier molecular flexibility index (Phi) is 10.1. The largest absolute Gasteiger partial charge is 0.490 e. The van der Waals surface area contributed by atoms with E-state index < -0.39 is 41.4 Å². The van der Waals surface area contributed by atoms with Crippen LogP contribution in [0.5, 0.6) is 5.75 Å². The lowest BCUT2D eigenvalue weighted by atomic mass is 9.96. The molecule has 1 aliphatic rings. The molecule has 0 spiro atoms. The lowest BCUT2D eigenvalue weighted by molar-refractivity contribution is -0.192. The van der Waals surface area contributed by atoms with Gasteiger partial charge in [-0.1, -0.05) is 29.8 Å². The summed E-state index contributed by atoms with van der Waals surface area (Å²) in [6, 6.07) is 14.7. The quantitative estimate of drug-likeness (QED) is 0.209. The first-order chi connectivity index (χ1) is 18.8. The number of aromatic carboxylic acids is 1. The summed E-state index contributed by atoms with van der Waals surface area (Å²) >= 11 is 5.69. The molecule has 214 valence electrons. The number of aliphatic hydroxyl groups excluding tert-OH is 1.